The zero-order valence-electron chi connectivity index (χ0n) is 17.4. The molecule has 0 saturated carbocycles. The second-order valence-corrected chi connectivity index (χ2v) is 7.73. The van der Waals surface area contributed by atoms with Gasteiger partial charge in [-0.05, 0) is 30.4 Å². The third-order valence-corrected chi connectivity index (χ3v) is 4.96. The van der Waals surface area contributed by atoms with Gasteiger partial charge in [0.25, 0.3) is 0 Å². The number of hydrogen-bond donors (Lipinski definition) is 6. The Morgan fingerprint density at radius 1 is 1.06 bits per heavy atom. The topological polar surface area (TPSA) is 175 Å². The van der Waals surface area contributed by atoms with Gasteiger partial charge in [0.1, 0.15) is 12.1 Å². The smallest absolute Gasteiger partial charge is 0.326 e. The Bertz CT molecular complexity index is 954. The summed E-state index contributed by atoms with van der Waals surface area (Å²) in [6, 6.07) is 4.15. The first-order valence-corrected chi connectivity index (χ1v) is 9.96. The van der Waals surface area contributed by atoms with Crippen molar-refractivity contribution in [3.8, 4) is 0 Å². The van der Waals surface area contributed by atoms with Crippen LogP contribution in [0.5, 0.6) is 0 Å². The van der Waals surface area contributed by atoms with Crippen molar-refractivity contribution >= 4 is 34.7 Å². The molecule has 0 aliphatic heterocycles. The maximum Gasteiger partial charge on any atom is 0.326 e. The van der Waals surface area contributed by atoms with Gasteiger partial charge in [0.05, 0.1) is 6.04 Å². The molecule has 10 heteroatoms. The molecule has 3 atom stereocenters. The van der Waals surface area contributed by atoms with Crippen LogP contribution in [0.15, 0.2) is 30.5 Å². The van der Waals surface area contributed by atoms with E-state index in [2.05, 4.69) is 15.6 Å². The van der Waals surface area contributed by atoms with Crippen molar-refractivity contribution in [2.75, 3.05) is 0 Å². The molecule has 1 aromatic heterocycles. The Balaban J connectivity index is 2.09. The number of nitrogens with one attached hydrogen (secondary N) is 3. The predicted molar refractivity (Wildman–Crippen MR) is 113 cm³/mol. The zero-order chi connectivity index (χ0) is 23.1. The minimum Gasteiger partial charge on any atom is -0.481 e. The molecule has 0 radical (unpaired) electrons. The molecule has 0 aliphatic carbocycles. The van der Waals surface area contributed by atoms with E-state index in [1.54, 1.807) is 20.0 Å². The van der Waals surface area contributed by atoms with Crippen LogP contribution in [0.2, 0.25) is 0 Å². The van der Waals surface area contributed by atoms with Gasteiger partial charge in [-0.3, -0.25) is 14.4 Å². The molecule has 0 saturated heterocycles. The maximum absolute atomic E-state index is 12.6. The number of rotatable bonds is 11. The van der Waals surface area contributed by atoms with E-state index in [9.17, 15) is 24.3 Å². The van der Waals surface area contributed by atoms with Crippen molar-refractivity contribution in [3.05, 3.63) is 36.0 Å². The monoisotopic (exact) mass is 432 g/mol. The van der Waals surface area contributed by atoms with E-state index in [0.29, 0.717) is 0 Å². The van der Waals surface area contributed by atoms with Gasteiger partial charge in [0, 0.05) is 23.5 Å². The highest BCUT2D eigenvalue weighted by Gasteiger charge is 2.30. The van der Waals surface area contributed by atoms with E-state index < -0.39 is 47.8 Å². The number of hydrogen-bond acceptors (Lipinski definition) is 5. The summed E-state index contributed by atoms with van der Waals surface area (Å²) in [5.74, 6) is -4.17. The van der Waals surface area contributed by atoms with Gasteiger partial charge in [0.15, 0.2) is 0 Å². The average molecular weight is 432 g/mol. The van der Waals surface area contributed by atoms with Crippen molar-refractivity contribution < 1.29 is 29.4 Å². The number of fused-ring (bicyclic) bond motifs is 1. The Kier molecular flexibility index (Phi) is 8.14. The predicted octanol–water partition coefficient (Wildman–Crippen LogP) is 0.613. The van der Waals surface area contributed by atoms with Crippen LogP contribution in [0.4, 0.5) is 0 Å². The van der Waals surface area contributed by atoms with Crippen molar-refractivity contribution in [1.29, 1.82) is 0 Å². The minimum atomic E-state index is -1.22. The number of carbonyl (C=O) groups excluding carboxylic acids is 2. The first-order valence-electron chi connectivity index (χ1n) is 9.96. The van der Waals surface area contributed by atoms with Crippen LogP contribution in [0.3, 0.4) is 0 Å². The number of amides is 2. The normalized spacial score (nSPS) is 14.1. The molecule has 3 unspecified atom stereocenters. The van der Waals surface area contributed by atoms with Crippen LogP contribution in [-0.2, 0) is 25.6 Å². The molecule has 1 aromatic carbocycles. The molecule has 2 amide bonds. The summed E-state index contributed by atoms with van der Waals surface area (Å²) < 4.78 is 0. The molecule has 0 aliphatic rings. The SMILES string of the molecule is CC(C)C(NC(=O)C(CCC(=O)O)NC(=O)C(N)Cc1c[nH]c2ccccc12)C(=O)O. The van der Waals surface area contributed by atoms with E-state index >= 15 is 0 Å². The largest absolute Gasteiger partial charge is 0.481 e. The highest BCUT2D eigenvalue weighted by molar-refractivity contribution is 5.92. The lowest BCUT2D eigenvalue weighted by molar-refractivity contribution is -0.144. The van der Waals surface area contributed by atoms with Gasteiger partial charge in [-0.15, -0.1) is 0 Å². The Hall–Kier alpha value is -3.40. The number of benzene rings is 1. The lowest BCUT2D eigenvalue weighted by Crippen LogP contribution is -2.55. The molecule has 1 heterocycles. The molecule has 0 fully saturated rings. The van der Waals surface area contributed by atoms with Crippen molar-refractivity contribution in [2.45, 2.75) is 51.2 Å². The quantitative estimate of drug-likeness (QED) is 0.301. The lowest BCUT2D eigenvalue weighted by Gasteiger charge is -2.24. The number of aromatic nitrogens is 1. The van der Waals surface area contributed by atoms with E-state index in [-0.39, 0.29) is 19.3 Å². The third-order valence-electron chi connectivity index (χ3n) is 4.96. The first-order chi connectivity index (χ1) is 14.6. The van der Waals surface area contributed by atoms with Gasteiger partial charge < -0.3 is 31.6 Å². The van der Waals surface area contributed by atoms with Crippen LogP contribution < -0.4 is 16.4 Å². The van der Waals surface area contributed by atoms with Crippen molar-refractivity contribution in [1.82, 2.24) is 15.6 Å². The second-order valence-electron chi connectivity index (χ2n) is 7.73. The fourth-order valence-electron chi connectivity index (χ4n) is 3.21. The molecular weight excluding hydrogens is 404 g/mol. The number of aliphatic carboxylic acids is 2. The van der Waals surface area contributed by atoms with Crippen LogP contribution in [0.25, 0.3) is 10.9 Å². The lowest BCUT2D eigenvalue weighted by atomic mass is 10.0. The van der Waals surface area contributed by atoms with Crippen LogP contribution in [0.1, 0.15) is 32.3 Å². The number of para-hydroxylation sites is 1. The minimum absolute atomic E-state index is 0.197. The highest BCUT2D eigenvalue weighted by Crippen LogP contribution is 2.18. The number of carboxylic acid groups (broad SMARTS) is 2. The van der Waals surface area contributed by atoms with E-state index in [1.807, 2.05) is 24.3 Å². The summed E-state index contributed by atoms with van der Waals surface area (Å²) in [6.07, 6.45) is 1.38. The summed E-state index contributed by atoms with van der Waals surface area (Å²) in [5.41, 5.74) is 7.76. The van der Waals surface area contributed by atoms with Crippen molar-refractivity contribution in [3.63, 3.8) is 0 Å². The fourth-order valence-corrected chi connectivity index (χ4v) is 3.21. The number of H-pyrrole nitrogens is 1. The molecule has 0 spiro atoms. The van der Waals surface area contributed by atoms with Gasteiger partial charge in [-0.25, -0.2) is 4.79 Å². The molecule has 0 bridgehead atoms. The summed E-state index contributed by atoms with van der Waals surface area (Å²) in [7, 11) is 0. The number of aromatic amines is 1. The third kappa shape index (κ3) is 6.54. The van der Waals surface area contributed by atoms with Gasteiger partial charge in [0.2, 0.25) is 11.8 Å². The van der Waals surface area contributed by atoms with Gasteiger partial charge in [-0.1, -0.05) is 32.0 Å². The number of carboxylic acids is 2. The number of nitrogens with two attached hydrogens (primary N) is 1. The maximum atomic E-state index is 12.6. The van der Waals surface area contributed by atoms with Crippen LogP contribution in [-0.4, -0.2) is 57.1 Å². The zero-order valence-corrected chi connectivity index (χ0v) is 17.4. The molecular formula is C21H28N4O6. The molecule has 7 N–H and O–H groups in total. The van der Waals surface area contributed by atoms with E-state index in [0.717, 1.165) is 16.5 Å². The number of carbonyl (C=O) groups is 4. The average Bonchev–Trinajstić information content (AvgIpc) is 3.11. The molecule has 168 valence electrons. The molecule has 2 rings (SSSR count). The summed E-state index contributed by atoms with van der Waals surface area (Å²) in [5, 5.41) is 24.0. The van der Waals surface area contributed by atoms with E-state index in [4.69, 9.17) is 10.8 Å². The Morgan fingerprint density at radius 2 is 1.74 bits per heavy atom. The molecule has 2 aromatic rings. The Labute approximate surface area is 179 Å². The Morgan fingerprint density at radius 3 is 2.35 bits per heavy atom. The van der Waals surface area contributed by atoms with E-state index in [1.165, 1.54) is 0 Å². The first kappa shape index (κ1) is 23.9. The van der Waals surface area contributed by atoms with Gasteiger partial charge >= 0.3 is 11.9 Å². The fraction of sp³-hybridized carbons (Fsp3) is 0.429. The molecule has 31 heavy (non-hydrogen) atoms. The second kappa shape index (κ2) is 10.6. The highest BCUT2D eigenvalue weighted by atomic mass is 16.4. The standard InChI is InChI=1S/C21H28N4O6/c1-11(2)18(21(30)31)25-20(29)16(7-8-17(26)27)24-19(28)14(22)9-12-10-23-15-6-4-3-5-13(12)15/h3-6,10-11,14,16,18,23H,7-9,22H2,1-2H3,(H,24,28)(H,25,29)(H,26,27)(H,30,31). The summed E-state index contributed by atoms with van der Waals surface area (Å²) in [6.45, 7) is 3.25. The summed E-state index contributed by atoms with van der Waals surface area (Å²) in [4.78, 5) is 50.6. The summed E-state index contributed by atoms with van der Waals surface area (Å²) >= 11 is 0. The van der Waals surface area contributed by atoms with Gasteiger partial charge in [-0.2, -0.15) is 0 Å². The molecule has 10 nitrogen and oxygen atoms in total. The van der Waals surface area contributed by atoms with Crippen molar-refractivity contribution in [2.24, 2.45) is 11.7 Å². The van der Waals surface area contributed by atoms with Crippen LogP contribution in [0, 0.1) is 5.92 Å². The van der Waals surface area contributed by atoms with Crippen LogP contribution >= 0.6 is 0 Å².